The molecule has 1 aromatic rings. The normalized spacial score (nSPS) is 16.3. The first-order valence-electron chi connectivity index (χ1n) is 5.16. The van der Waals surface area contributed by atoms with Gasteiger partial charge in [-0.05, 0) is 30.7 Å². The summed E-state index contributed by atoms with van der Waals surface area (Å²) in [6.45, 7) is 1.28. The lowest BCUT2D eigenvalue weighted by Crippen LogP contribution is -2.25. The van der Waals surface area contributed by atoms with Crippen LogP contribution in [0, 0.1) is 0 Å². The summed E-state index contributed by atoms with van der Waals surface area (Å²) in [5.41, 5.74) is 1.81. The van der Waals surface area contributed by atoms with E-state index >= 15 is 0 Å². The van der Waals surface area contributed by atoms with Crippen LogP contribution >= 0.6 is 0 Å². The summed E-state index contributed by atoms with van der Waals surface area (Å²) in [6, 6.07) is -0.0752. The van der Waals surface area contributed by atoms with E-state index in [-0.39, 0.29) is 6.07 Å². The number of hydrogen-bond donors (Lipinski definition) is 2. The number of halogens is 6. The molecule has 0 aromatic heterocycles. The lowest BCUT2D eigenvalue weighted by molar-refractivity contribution is -0.143. The Kier molecular flexibility index (Phi) is 4.16. The Labute approximate surface area is 104 Å². The van der Waals surface area contributed by atoms with E-state index < -0.39 is 41.2 Å². The third kappa shape index (κ3) is 3.84. The SMILES string of the molecule is CC(N)C(O)c1cc(C(F)(F)F)cc(C(F)(F)F)c1. The minimum Gasteiger partial charge on any atom is -0.387 e. The molecular formula is C11H11F6NO. The highest BCUT2D eigenvalue weighted by Gasteiger charge is 2.37. The molecule has 1 rings (SSSR count). The third-order valence-corrected chi connectivity index (χ3v) is 2.45. The molecule has 0 aliphatic rings. The standard InChI is InChI=1S/C11H11F6NO/c1-5(18)9(19)6-2-7(10(12,13)14)4-8(3-6)11(15,16)17/h2-5,9,19H,18H2,1H3. The average molecular weight is 287 g/mol. The van der Waals surface area contributed by atoms with Crippen molar-refractivity contribution >= 4 is 0 Å². The Morgan fingerprint density at radius 2 is 1.32 bits per heavy atom. The van der Waals surface area contributed by atoms with Gasteiger partial charge in [-0.1, -0.05) is 0 Å². The van der Waals surface area contributed by atoms with E-state index in [9.17, 15) is 31.4 Å². The topological polar surface area (TPSA) is 46.2 Å². The molecule has 0 heterocycles. The molecular weight excluding hydrogens is 276 g/mol. The molecule has 0 spiro atoms. The predicted molar refractivity (Wildman–Crippen MR) is 55.1 cm³/mol. The second-order valence-corrected chi connectivity index (χ2v) is 4.14. The highest BCUT2D eigenvalue weighted by atomic mass is 19.4. The van der Waals surface area contributed by atoms with E-state index in [1.165, 1.54) is 6.92 Å². The highest BCUT2D eigenvalue weighted by Crippen LogP contribution is 2.37. The number of aliphatic hydroxyl groups is 1. The zero-order chi connectivity index (χ0) is 15.0. The molecule has 1 aromatic carbocycles. The van der Waals surface area contributed by atoms with Gasteiger partial charge >= 0.3 is 12.4 Å². The van der Waals surface area contributed by atoms with Gasteiger partial charge < -0.3 is 10.8 Å². The van der Waals surface area contributed by atoms with Crippen molar-refractivity contribution in [2.45, 2.75) is 31.4 Å². The molecule has 0 aliphatic heterocycles. The van der Waals surface area contributed by atoms with Gasteiger partial charge in [0, 0.05) is 6.04 Å². The molecule has 0 fully saturated rings. The van der Waals surface area contributed by atoms with Gasteiger partial charge in [-0.25, -0.2) is 0 Å². The van der Waals surface area contributed by atoms with Crippen LogP contribution in [0.3, 0.4) is 0 Å². The van der Waals surface area contributed by atoms with Crippen molar-refractivity contribution in [1.82, 2.24) is 0 Å². The summed E-state index contributed by atoms with van der Waals surface area (Å²) in [5.74, 6) is 0. The Bertz CT molecular complexity index is 419. The molecule has 0 saturated carbocycles. The molecule has 0 saturated heterocycles. The maximum atomic E-state index is 12.5. The predicted octanol–water partition coefficient (Wildman–Crippen LogP) is 3.10. The number of aliphatic hydroxyl groups excluding tert-OH is 1. The van der Waals surface area contributed by atoms with E-state index in [0.29, 0.717) is 12.1 Å². The van der Waals surface area contributed by atoms with Gasteiger partial charge in [-0.3, -0.25) is 0 Å². The zero-order valence-electron chi connectivity index (χ0n) is 9.68. The van der Waals surface area contributed by atoms with E-state index in [2.05, 4.69) is 0 Å². The van der Waals surface area contributed by atoms with Crippen molar-refractivity contribution in [2.24, 2.45) is 5.73 Å². The van der Waals surface area contributed by atoms with Crippen LogP contribution < -0.4 is 5.73 Å². The van der Waals surface area contributed by atoms with Crippen molar-refractivity contribution in [3.8, 4) is 0 Å². The average Bonchev–Trinajstić information content (AvgIpc) is 2.24. The van der Waals surface area contributed by atoms with Gasteiger partial charge in [0.2, 0.25) is 0 Å². The molecule has 19 heavy (non-hydrogen) atoms. The summed E-state index contributed by atoms with van der Waals surface area (Å²) in [4.78, 5) is 0. The van der Waals surface area contributed by atoms with Crippen LogP contribution in [-0.2, 0) is 12.4 Å². The molecule has 2 nitrogen and oxygen atoms in total. The fourth-order valence-corrected chi connectivity index (χ4v) is 1.45. The molecule has 0 aliphatic carbocycles. The van der Waals surface area contributed by atoms with E-state index in [0.717, 1.165) is 0 Å². The van der Waals surface area contributed by atoms with Crippen LogP contribution in [0.5, 0.6) is 0 Å². The van der Waals surface area contributed by atoms with E-state index in [1.54, 1.807) is 0 Å². The first kappa shape index (κ1) is 15.8. The number of nitrogens with two attached hydrogens (primary N) is 1. The molecule has 0 bridgehead atoms. The van der Waals surface area contributed by atoms with Gasteiger partial charge in [0.05, 0.1) is 17.2 Å². The van der Waals surface area contributed by atoms with E-state index in [1.807, 2.05) is 0 Å². The van der Waals surface area contributed by atoms with Crippen LogP contribution in [0.15, 0.2) is 18.2 Å². The van der Waals surface area contributed by atoms with Gasteiger partial charge in [0.15, 0.2) is 0 Å². The second-order valence-electron chi connectivity index (χ2n) is 4.14. The number of alkyl halides is 6. The summed E-state index contributed by atoms with van der Waals surface area (Å²) in [7, 11) is 0. The molecule has 8 heteroatoms. The number of benzene rings is 1. The molecule has 2 atom stereocenters. The second kappa shape index (κ2) is 5.01. The van der Waals surface area contributed by atoms with Gasteiger partial charge in [0.1, 0.15) is 0 Å². The van der Waals surface area contributed by atoms with Crippen molar-refractivity contribution in [1.29, 1.82) is 0 Å². The fraction of sp³-hybridized carbons (Fsp3) is 0.455. The molecule has 0 amide bonds. The summed E-state index contributed by atoms with van der Waals surface area (Å²) in [6.07, 6.45) is -11.5. The Hall–Kier alpha value is -1.28. The fourth-order valence-electron chi connectivity index (χ4n) is 1.45. The number of hydrogen-bond acceptors (Lipinski definition) is 2. The van der Waals surface area contributed by atoms with Crippen molar-refractivity contribution in [3.63, 3.8) is 0 Å². The largest absolute Gasteiger partial charge is 0.416 e. The third-order valence-electron chi connectivity index (χ3n) is 2.45. The lowest BCUT2D eigenvalue weighted by Gasteiger charge is -2.19. The van der Waals surface area contributed by atoms with Crippen molar-refractivity contribution in [3.05, 3.63) is 34.9 Å². The maximum Gasteiger partial charge on any atom is 0.416 e. The maximum absolute atomic E-state index is 12.5. The smallest absolute Gasteiger partial charge is 0.387 e. The summed E-state index contributed by atoms with van der Waals surface area (Å²) >= 11 is 0. The van der Waals surface area contributed by atoms with E-state index in [4.69, 9.17) is 5.73 Å². The Morgan fingerprint density at radius 1 is 0.947 bits per heavy atom. The van der Waals surface area contributed by atoms with Gasteiger partial charge in [-0.15, -0.1) is 0 Å². The zero-order valence-corrected chi connectivity index (χ0v) is 9.68. The van der Waals surface area contributed by atoms with Crippen LogP contribution in [0.4, 0.5) is 26.3 Å². The van der Waals surface area contributed by atoms with Crippen LogP contribution in [0.25, 0.3) is 0 Å². The minimum atomic E-state index is -4.94. The van der Waals surface area contributed by atoms with Crippen LogP contribution in [-0.4, -0.2) is 11.1 Å². The van der Waals surface area contributed by atoms with Gasteiger partial charge in [0.25, 0.3) is 0 Å². The first-order chi connectivity index (χ1) is 8.43. The molecule has 3 N–H and O–H groups in total. The monoisotopic (exact) mass is 287 g/mol. The highest BCUT2D eigenvalue weighted by molar-refractivity contribution is 5.35. The lowest BCUT2D eigenvalue weighted by atomic mass is 9.98. The number of rotatable bonds is 2. The summed E-state index contributed by atoms with van der Waals surface area (Å²) < 4.78 is 75.1. The Morgan fingerprint density at radius 3 is 1.58 bits per heavy atom. The quantitative estimate of drug-likeness (QED) is 0.821. The van der Waals surface area contributed by atoms with Gasteiger partial charge in [-0.2, -0.15) is 26.3 Å². The molecule has 108 valence electrons. The Balaban J connectivity index is 3.41. The first-order valence-corrected chi connectivity index (χ1v) is 5.16. The van der Waals surface area contributed by atoms with Crippen LogP contribution in [0.1, 0.15) is 29.7 Å². The molecule has 2 unspecified atom stereocenters. The van der Waals surface area contributed by atoms with Crippen molar-refractivity contribution < 1.29 is 31.4 Å². The minimum absolute atomic E-state index is 0.00258. The van der Waals surface area contributed by atoms with Crippen LogP contribution in [0.2, 0.25) is 0 Å². The van der Waals surface area contributed by atoms with Crippen molar-refractivity contribution in [2.75, 3.05) is 0 Å². The molecule has 0 radical (unpaired) electrons. The summed E-state index contributed by atoms with van der Waals surface area (Å²) in [5, 5.41) is 9.52.